The first-order valence-electron chi connectivity index (χ1n) is 5.60. The van der Waals surface area contributed by atoms with E-state index in [1.54, 1.807) is 21.8 Å². The van der Waals surface area contributed by atoms with Crippen molar-refractivity contribution in [2.24, 2.45) is 7.05 Å². The number of aromatic nitrogens is 4. The zero-order chi connectivity index (χ0) is 14.0. The average Bonchev–Trinajstić information content (AvgIpc) is 2.81. The number of rotatable bonds is 4. The van der Waals surface area contributed by atoms with Gasteiger partial charge in [-0.25, -0.2) is 0 Å². The van der Waals surface area contributed by atoms with Gasteiger partial charge < -0.3 is 5.32 Å². The van der Waals surface area contributed by atoms with Crippen LogP contribution >= 0.6 is 31.9 Å². The minimum Gasteiger partial charge on any atom is -0.349 e. The van der Waals surface area contributed by atoms with Crippen LogP contribution in [-0.4, -0.2) is 25.5 Å². The summed E-state index contributed by atoms with van der Waals surface area (Å²) in [4.78, 5) is 11.8. The fourth-order valence-corrected chi connectivity index (χ4v) is 2.40. The van der Waals surface area contributed by atoms with Crippen LogP contribution in [0.4, 0.5) is 0 Å². The molecule has 2 aromatic rings. The summed E-state index contributed by atoms with van der Waals surface area (Å²) >= 11 is 6.75. The maximum Gasteiger partial charge on any atom is 0.242 e. The molecule has 0 radical (unpaired) electrons. The van der Waals surface area contributed by atoms with Gasteiger partial charge >= 0.3 is 0 Å². The number of nitrogens with zero attached hydrogens (tertiary/aromatic N) is 4. The summed E-state index contributed by atoms with van der Waals surface area (Å²) in [5.41, 5.74) is 1.79. The van der Waals surface area contributed by atoms with Gasteiger partial charge in [-0.05, 0) is 38.8 Å². The summed E-state index contributed by atoms with van der Waals surface area (Å²) in [7, 11) is 1.83. The van der Waals surface area contributed by atoms with Gasteiger partial charge in [0.15, 0.2) is 0 Å². The molecule has 2 heterocycles. The Hall–Kier alpha value is -1.15. The molecule has 0 aliphatic heterocycles. The van der Waals surface area contributed by atoms with Crippen LogP contribution < -0.4 is 5.32 Å². The van der Waals surface area contributed by atoms with E-state index in [4.69, 9.17) is 0 Å². The fourth-order valence-electron chi connectivity index (χ4n) is 1.59. The van der Waals surface area contributed by atoms with Crippen molar-refractivity contribution >= 4 is 37.8 Å². The summed E-state index contributed by atoms with van der Waals surface area (Å²) in [6.45, 7) is 2.50. The van der Waals surface area contributed by atoms with Gasteiger partial charge in [0.25, 0.3) is 0 Å². The molecule has 0 aliphatic rings. The summed E-state index contributed by atoms with van der Waals surface area (Å²) in [6, 6.07) is 0. The molecule has 0 fully saturated rings. The predicted molar refractivity (Wildman–Crippen MR) is 77.4 cm³/mol. The third-order valence-corrected chi connectivity index (χ3v) is 4.10. The number of carbonyl (C=O) groups excluding carboxylic acids is 1. The number of hydrogen-bond acceptors (Lipinski definition) is 3. The van der Waals surface area contributed by atoms with Crippen LogP contribution in [0.1, 0.15) is 11.4 Å². The summed E-state index contributed by atoms with van der Waals surface area (Å²) in [5.74, 6) is -0.0944. The number of amides is 1. The van der Waals surface area contributed by atoms with Crippen LogP contribution in [0.25, 0.3) is 0 Å². The molecule has 0 unspecified atom stereocenters. The molecule has 1 N–H and O–H groups in total. The molecule has 19 heavy (non-hydrogen) atoms. The second-order valence-corrected chi connectivity index (χ2v) is 5.81. The molecular weight excluding hydrogens is 378 g/mol. The Kier molecular flexibility index (Phi) is 4.41. The van der Waals surface area contributed by atoms with E-state index < -0.39 is 0 Å². The normalized spacial score (nSPS) is 10.7. The first kappa shape index (κ1) is 14.3. The molecule has 0 bridgehead atoms. The Bertz CT molecular complexity index is 565. The minimum absolute atomic E-state index is 0.0944. The average molecular weight is 391 g/mol. The molecule has 2 aromatic heterocycles. The molecule has 0 spiro atoms. The standard InChI is InChI=1S/C11H13Br2N5O/c1-7-9(13)5-18(16-7)6-11(19)14-4-10-8(12)3-15-17(10)2/h3,5H,4,6H2,1-2H3,(H,14,19). The molecule has 102 valence electrons. The monoisotopic (exact) mass is 389 g/mol. The van der Waals surface area contributed by atoms with Crippen molar-refractivity contribution in [3.63, 3.8) is 0 Å². The van der Waals surface area contributed by atoms with Crippen LogP contribution in [0.15, 0.2) is 21.3 Å². The van der Waals surface area contributed by atoms with Gasteiger partial charge in [-0.15, -0.1) is 0 Å². The number of aryl methyl sites for hydroxylation is 2. The van der Waals surface area contributed by atoms with E-state index >= 15 is 0 Å². The van der Waals surface area contributed by atoms with Crippen LogP contribution in [0.3, 0.4) is 0 Å². The van der Waals surface area contributed by atoms with Gasteiger partial charge in [-0.2, -0.15) is 10.2 Å². The lowest BCUT2D eigenvalue weighted by atomic mass is 10.4. The van der Waals surface area contributed by atoms with E-state index in [2.05, 4.69) is 47.4 Å². The summed E-state index contributed by atoms with van der Waals surface area (Å²) in [6.07, 6.45) is 3.49. The van der Waals surface area contributed by atoms with Gasteiger partial charge in [0, 0.05) is 13.2 Å². The van der Waals surface area contributed by atoms with Crippen molar-refractivity contribution in [1.29, 1.82) is 0 Å². The Morgan fingerprint density at radius 3 is 2.68 bits per heavy atom. The van der Waals surface area contributed by atoms with E-state index in [1.807, 2.05) is 14.0 Å². The minimum atomic E-state index is -0.0944. The Balaban J connectivity index is 1.92. The van der Waals surface area contributed by atoms with Crippen molar-refractivity contribution in [2.75, 3.05) is 0 Å². The number of halogens is 2. The van der Waals surface area contributed by atoms with Crippen LogP contribution in [0.5, 0.6) is 0 Å². The lowest BCUT2D eigenvalue weighted by Gasteiger charge is -2.06. The van der Waals surface area contributed by atoms with Crippen molar-refractivity contribution in [3.8, 4) is 0 Å². The molecule has 8 heteroatoms. The second kappa shape index (κ2) is 5.87. The highest BCUT2D eigenvalue weighted by Crippen LogP contribution is 2.15. The second-order valence-electron chi connectivity index (χ2n) is 4.10. The Morgan fingerprint density at radius 1 is 1.42 bits per heavy atom. The van der Waals surface area contributed by atoms with Crippen LogP contribution in [0, 0.1) is 6.92 Å². The van der Waals surface area contributed by atoms with E-state index in [0.29, 0.717) is 6.54 Å². The number of carbonyl (C=O) groups is 1. The van der Waals surface area contributed by atoms with Gasteiger partial charge in [0.1, 0.15) is 6.54 Å². The molecule has 1 amide bonds. The Labute approximate surface area is 127 Å². The number of hydrogen-bond donors (Lipinski definition) is 1. The van der Waals surface area contributed by atoms with Crippen LogP contribution in [-0.2, 0) is 24.9 Å². The maximum absolute atomic E-state index is 11.8. The third kappa shape index (κ3) is 3.44. The van der Waals surface area contributed by atoms with Crippen molar-refractivity contribution in [1.82, 2.24) is 24.9 Å². The Morgan fingerprint density at radius 2 is 2.16 bits per heavy atom. The molecule has 0 saturated carbocycles. The summed E-state index contributed by atoms with van der Waals surface area (Å²) < 4.78 is 5.11. The lowest BCUT2D eigenvalue weighted by molar-refractivity contribution is -0.122. The summed E-state index contributed by atoms with van der Waals surface area (Å²) in [5, 5.41) is 11.1. The molecule has 0 atom stereocenters. The highest BCUT2D eigenvalue weighted by atomic mass is 79.9. The zero-order valence-electron chi connectivity index (χ0n) is 10.5. The molecular formula is C11H13Br2N5O. The predicted octanol–water partition coefficient (Wildman–Crippen LogP) is 1.77. The van der Waals surface area contributed by atoms with E-state index in [9.17, 15) is 4.79 Å². The fraction of sp³-hybridized carbons (Fsp3) is 0.364. The van der Waals surface area contributed by atoms with Gasteiger partial charge in [0.05, 0.1) is 33.1 Å². The quantitative estimate of drug-likeness (QED) is 0.865. The molecule has 0 aromatic carbocycles. The highest BCUT2D eigenvalue weighted by molar-refractivity contribution is 9.10. The molecule has 0 saturated heterocycles. The van der Waals surface area contributed by atoms with Gasteiger partial charge in [-0.3, -0.25) is 14.2 Å². The molecule has 2 rings (SSSR count). The van der Waals surface area contributed by atoms with Crippen molar-refractivity contribution in [3.05, 3.63) is 32.7 Å². The van der Waals surface area contributed by atoms with E-state index in [0.717, 1.165) is 20.3 Å². The third-order valence-electron chi connectivity index (χ3n) is 2.66. The first-order valence-corrected chi connectivity index (χ1v) is 7.18. The van der Waals surface area contributed by atoms with Crippen molar-refractivity contribution in [2.45, 2.75) is 20.0 Å². The first-order chi connectivity index (χ1) is 8.97. The van der Waals surface area contributed by atoms with Gasteiger partial charge in [-0.1, -0.05) is 0 Å². The molecule has 6 nitrogen and oxygen atoms in total. The van der Waals surface area contributed by atoms with Crippen molar-refractivity contribution < 1.29 is 4.79 Å². The maximum atomic E-state index is 11.8. The van der Waals surface area contributed by atoms with Gasteiger partial charge in [0.2, 0.25) is 5.91 Å². The number of nitrogens with one attached hydrogen (secondary N) is 1. The zero-order valence-corrected chi connectivity index (χ0v) is 13.7. The smallest absolute Gasteiger partial charge is 0.242 e. The topological polar surface area (TPSA) is 64.7 Å². The highest BCUT2D eigenvalue weighted by Gasteiger charge is 2.09. The SMILES string of the molecule is Cc1nn(CC(=O)NCc2c(Br)cnn2C)cc1Br. The largest absolute Gasteiger partial charge is 0.349 e. The van der Waals surface area contributed by atoms with E-state index in [1.165, 1.54) is 0 Å². The van der Waals surface area contributed by atoms with Crippen LogP contribution in [0.2, 0.25) is 0 Å². The lowest BCUT2D eigenvalue weighted by Crippen LogP contribution is -2.28. The molecule has 0 aliphatic carbocycles. The van der Waals surface area contributed by atoms with E-state index in [-0.39, 0.29) is 12.5 Å².